The molecule has 0 spiro atoms. The molecule has 0 amide bonds. The molecule has 3 heteroatoms. The Hall–Kier alpha value is -0.990. The van der Waals surface area contributed by atoms with Crippen LogP contribution in [0, 0.1) is 0 Å². The van der Waals surface area contributed by atoms with Gasteiger partial charge in [0, 0.05) is 6.42 Å². The number of aliphatic hydroxyl groups is 1. The summed E-state index contributed by atoms with van der Waals surface area (Å²) in [5, 5.41) is 9.07. The summed E-state index contributed by atoms with van der Waals surface area (Å²) in [6, 6.07) is 0. The molecule has 24 heavy (non-hydrogen) atoms. The van der Waals surface area contributed by atoms with Crippen molar-refractivity contribution < 1.29 is 14.6 Å². The summed E-state index contributed by atoms with van der Waals surface area (Å²) < 4.78 is 4.70. The van der Waals surface area contributed by atoms with Crippen LogP contribution in [-0.2, 0) is 9.53 Å². The molecule has 0 rings (SSSR count). The third kappa shape index (κ3) is 17.4. The van der Waals surface area contributed by atoms with Crippen LogP contribution in [0.25, 0.3) is 0 Å². The Kier molecular flexibility index (Phi) is 17.6. The molecule has 0 saturated heterocycles. The monoisotopic (exact) mass is 340 g/mol. The summed E-state index contributed by atoms with van der Waals surface area (Å²) in [7, 11) is 0. The standard InChI is InChI=1S/C21H40O3/c1-3-5-6-7-8-9-10-11-12-13-14-15-16-17-18-19-21(23)24-20(22)4-2/h4,22H,3,5-19H2,1-2H3/b20-4+. The first-order valence-electron chi connectivity index (χ1n) is 10.3. The number of aliphatic hydroxyl groups excluding tert-OH is 1. The molecule has 0 heterocycles. The van der Waals surface area contributed by atoms with Crippen LogP contribution in [0.3, 0.4) is 0 Å². The second-order valence-corrected chi connectivity index (χ2v) is 6.80. The van der Waals surface area contributed by atoms with Gasteiger partial charge in [-0.3, -0.25) is 4.79 Å². The summed E-state index contributed by atoms with van der Waals surface area (Å²) in [6.45, 7) is 3.90. The van der Waals surface area contributed by atoms with E-state index in [0.717, 1.165) is 12.8 Å². The topological polar surface area (TPSA) is 46.5 Å². The Morgan fingerprint density at radius 2 is 1.12 bits per heavy atom. The Bertz CT molecular complexity index is 310. The molecule has 1 N–H and O–H groups in total. The highest BCUT2D eigenvalue weighted by Gasteiger charge is 2.04. The van der Waals surface area contributed by atoms with E-state index in [2.05, 4.69) is 6.92 Å². The predicted octanol–water partition coefficient (Wildman–Crippen LogP) is 7.21. The van der Waals surface area contributed by atoms with E-state index in [1.165, 1.54) is 89.5 Å². The molecule has 0 aliphatic rings. The van der Waals surface area contributed by atoms with E-state index in [4.69, 9.17) is 9.84 Å². The van der Waals surface area contributed by atoms with Crippen molar-refractivity contribution in [1.29, 1.82) is 0 Å². The van der Waals surface area contributed by atoms with Gasteiger partial charge in [0.15, 0.2) is 0 Å². The van der Waals surface area contributed by atoms with Crippen molar-refractivity contribution in [2.75, 3.05) is 0 Å². The number of esters is 1. The number of ether oxygens (including phenoxy) is 1. The SMILES string of the molecule is C/C=C(\O)OC(=O)CCCCCCCCCCCCCCCCC. The van der Waals surface area contributed by atoms with Crippen molar-refractivity contribution in [3.63, 3.8) is 0 Å². The number of rotatable bonds is 17. The fourth-order valence-electron chi connectivity index (χ4n) is 2.87. The fraction of sp³-hybridized carbons (Fsp3) is 0.857. The van der Waals surface area contributed by atoms with Crippen molar-refractivity contribution in [3.05, 3.63) is 12.0 Å². The predicted molar refractivity (Wildman–Crippen MR) is 102 cm³/mol. The van der Waals surface area contributed by atoms with Crippen LogP contribution in [-0.4, -0.2) is 11.1 Å². The Labute approximate surface area is 149 Å². The van der Waals surface area contributed by atoms with Crippen LogP contribution in [0.5, 0.6) is 0 Å². The molecule has 0 aromatic heterocycles. The average Bonchev–Trinajstić information content (AvgIpc) is 2.58. The number of carbonyl (C=O) groups excluding carboxylic acids is 1. The lowest BCUT2D eigenvalue weighted by Gasteiger charge is -2.04. The molecule has 0 aromatic rings. The van der Waals surface area contributed by atoms with Gasteiger partial charge < -0.3 is 9.84 Å². The molecule has 3 nitrogen and oxygen atoms in total. The van der Waals surface area contributed by atoms with Gasteiger partial charge in [-0.15, -0.1) is 0 Å². The minimum absolute atomic E-state index is 0.291. The third-order valence-corrected chi connectivity index (χ3v) is 4.45. The van der Waals surface area contributed by atoms with Crippen molar-refractivity contribution in [2.45, 2.75) is 117 Å². The van der Waals surface area contributed by atoms with E-state index in [1.807, 2.05) is 0 Å². The van der Waals surface area contributed by atoms with E-state index in [1.54, 1.807) is 6.92 Å². The molecule has 0 fully saturated rings. The lowest BCUT2D eigenvalue weighted by atomic mass is 10.0. The summed E-state index contributed by atoms with van der Waals surface area (Å²) in [5.41, 5.74) is 0. The van der Waals surface area contributed by atoms with E-state index in [-0.39, 0.29) is 11.9 Å². The number of allylic oxidation sites excluding steroid dienone is 1. The normalized spacial score (nSPS) is 11.7. The Balaban J connectivity index is 3.14. The largest absolute Gasteiger partial charge is 0.481 e. The summed E-state index contributed by atoms with van der Waals surface area (Å²) >= 11 is 0. The minimum atomic E-state index is -0.333. The first-order valence-corrected chi connectivity index (χ1v) is 10.3. The second-order valence-electron chi connectivity index (χ2n) is 6.80. The number of unbranched alkanes of at least 4 members (excludes halogenated alkanes) is 14. The summed E-state index contributed by atoms with van der Waals surface area (Å²) in [4.78, 5) is 11.3. The van der Waals surface area contributed by atoms with Crippen molar-refractivity contribution in [1.82, 2.24) is 0 Å². The highest BCUT2D eigenvalue weighted by Crippen LogP contribution is 2.13. The van der Waals surface area contributed by atoms with E-state index in [9.17, 15) is 4.79 Å². The van der Waals surface area contributed by atoms with Gasteiger partial charge in [-0.2, -0.15) is 0 Å². The Morgan fingerprint density at radius 3 is 1.50 bits per heavy atom. The summed E-state index contributed by atoms with van der Waals surface area (Å²) in [5.74, 6) is -0.624. The van der Waals surface area contributed by atoms with Gasteiger partial charge in [-0.25, -0.2) is 0 Å². The van der Waals surface area contributed by atoms with Gasteiger partial charge in [-0.05, 0) is 19.4 Å². The average molecular weight is 341 g/mol. The molecule has 0 unspecified atom stereocenters. The number of hydrogen-bond donors (Lipinski definition) is 1. The smallest absolute Gasteiger partial charge is 0.313 e. The zero-order valence-corrected chi connectivity index (χ0v) is 16.2. The zero-order valence-electron chi connectivity index (χ0n) is 16.2. The van der Waals surface area contributed by atoms with Gasteiger partial charge in [0.2, 0.25) is 0 Å². The fourth-order valence-corrected chi connectivity index (χ4v) is 2.87. The zero-order chi connectivity index (χ0) is 17.9. The van der Waals surface area contributed by atoms with Gasteiger partial charge in [0.05, 0.1) is 0 Å². The maximum atomic E-state index is 11.3. The first-order chi connectivity index (χ1) is 11.7. The summed E-state index contributed by atoms with van der Waals surface area (Å²) in [6.07, 6.45) is 21.5. The molecule has 0 saturated carbocycles. The molecule has 0 radical (unpaired) electrons. The first kappa shape index (κ1) is 23.0. The minimum Gasteiger partial charge on any atom is -0.481 e. The second kappa shape index (κ2) is 18.4. The quantitative estimate of drug-likeness (QED) is 0.173. The molecular formula is C21H40O3. The lowest BCUT2D eigenvalue weighted by molar-refractivity contribution is -0.143. The molecule has 0 atom stereocenters. The highest BCUT2D eigenvalue weighted by molar-refractivity contribution is 5.70. The van der Waals surface area contributed by atoms with Crippen molar-refractivity contribution in [2.24, 2.45) is 0 Å². The van der Waals surface area contributed by atoms with E-state index < -0.39 is 0 Å². The molecule has 0 aliphatic heterocycles. The van der Waals surface area contributed by atoms with Crippen LogP contribution in [0.15, 0.2) is 12.0 Å². The Morgan fingerprint density at radius 1 is 0.750 bits per heavy atom. The van der Waals surface area contributed by atoms with Crippen LogP contribution in [0.4, 0.5) is 0 Å². The van der Waals surface area contributed by atoms with Gasteiger partial charge in [-0.1, -0.05) is 96.8 Å². The molecule has 0 aliphatic carbocycles. The lowest BCUT2D eigenvalue weighted by Crippen LogP contribution is -2.03. The maximum absolute atomic E-state index is 11.3. The van der Waals surface area contributed by atoms with Gasteiger partial charge in [0.1, 0.15) is 0 Å². The van der Waals surface area contributed by atoms with Gasteiger partial charge in [0.25, 0.3) is 5.95 Å². The molecular weight excluding hydrogens is 300 g/mol. The van der Waals surface area contributed by atoms with Crippen LogP contribution in [0.1, 0.15) is 117 Å². The van der Waals surface area contributed by atoms with E-state index >= 15 is 0 Å². The highest BCUT2D eigenvalue weighted by atomic mass is 16.6. The number of carbonyl (C=O) groups is 1. The third-order valence-electron chi connectivity index (χ3n) is 4.45. The molecule has 0 bridgehead atoms. The van der Waals surface area contributed by atoms with Crippen LogP contribution < -0.4 is 0 Å². The van der Waals surface area contributed by atoms with Crippen molar-refractivity contribution >= 4 is 5.97 Å². The maximum Gasteiger partial charge on any atom is 0.313 e. The van der Waals surface area contributed by atoms with Gasteiger partial charge >= 0.3 is 5.97 Å². The van der Waals surface area contributed by atoms with Crippen molar-refractivity contribution in [3.8, 4) is 0 Å². The van der Waals surface area contributed by atoms with E-state index in [0.29, 0.717) is 6.42 Å². The van der Waals surface area contributed by atoms with Crippen LogP contribution in [0.2, 0.25) is 0 Å². The molecule has 0 aromatic carbocycles. The van der Waals surface area contributed by atoms with Crippen LogP contribution >= 0.6 is 0 Å². The number of hydrogen-bond acceptors (Lipinski definition) is 3. The molecule has 142 valence electrons.